The molecular formula is C16H21ClN4O3. The van der Waals surface area contributed by atoms with Gasteiger partial charge in [0.05, 0.1) is 10.9 Å². The average molecular weight is 353 g/mol. The third-order valence-electron chi connectivity index (χ3n) is 4.32. The fourth-order valence-electron chi connectivity index (χ4n) is 3.18. The maximum Gasteiger partial charge on any atom is 0.329 e. The van der Waals surface area contributed by atoms with E-state index >= 15 is 0 Å². The lowest BCUT2D eigenvalue weighted by atomic mass is 10.2. The zero-order valence-electron chi connectivity index (χ0n) is 13.4. The Morgan fingerprint density at radius 1 is 1.33 bits per heavy atom. The van der Waals surface area contributed by atoms with E-state index in [0.29, 0.717) is 24.0 Å². The number of carbonyl (C=O) groups excluding carboxylic acids is 1. The molecule has 1 aromatic heterocycles. The van der Waals surface area contributed by atoms with Crippen molar-refractivity contribution in [2.75, 3.05) is 20.1 Å². The van der Waals surface area contributed by atoms with Crippen molar-refractivity contribution in [3.8, 4) is 0 Å². The molecule has 2 heterocycles. The number of hydrogen-bond donors (Lipinski definition) is 2. The van der Waals surface area contributed by atoms with Crippen molar-refractivity contribution < 1.29 is 4.79 Å². The van der Waals surface area contributed by atoms with E-state index < -0.39 is 11.2 Å². The van der Waals surface area contributed by atoms with Crippen LogP contribution in [-0.4, -0.2) is 46.5 Å². The number of rotatable bonds is 4. The number of amides is 1. The molecule has 0 saturated carbocycles. The van der Waals surface area contributed by atoms with Gasteiger partial charge in [0, 0.05) is 19.1 Å². The number of likely N-dealkylation sites (N-methyl/N-ethyl adjacent to an activating group) is 1. The Hall–Kier alpha value is -2.12. The largest absolute Gasteiger partial charge is 0.337 e. The Bertz CT molecular complexity index is 845. The van der Waals surface area contributed by atoms with Crippen molar-refractivity contribution >= 4 is 29.2 Å². The van der Waals surface area contributed by atoms with Gasteiger partial charge in [0.2, 0.25) is 5.91 Å². The molecule has 3 rings (SSSR count). The molecule has 8 heteroatoms. The Labute approximate surface area is 145 Å². The van der Waals surface area contributed by atoms with E-state index in [-0.39, 0.29) is 30.9 Å². The molecule has 0 aliphatic carbocycles. The normalized spacial score (nSPS) is 17.0. The Kier molecular flexibility index (Phi) is 5.80. The van der Waals surface area contributed by atoms with Gasteiger partial charge in [0.1, 0.15) is 6.54 Å². The molecule has 7 nitrogen and oxygen atoms in total. The van der Waals surface area contributed by atoms with Crippen LogP contribution in [0.15, 0.2) is 33.9 Å². The standard InChI is InChI=1S/C16H20N4O3.ClH/c1-17-9-11-5-4-8-19(11)14(21)10-20-15(22)12-6-2-3-7-13(12)18-16(20)23;/h2-3,6-7,11,17H,4-5,8-10H2,1H3,(H,18,23);1H. The highest BCUT2D eigenvalue weighted by atomic mass is 35.5. The molecule has 0 spiro atoms. The monoisotopic (exact) mass is 352 g/mol. The molecule has 0 radical (unpaired) electrons. The zero-order valence-corrected chi connectivity index (χ0v) is 14.3. The number of halogens is 1. The minimum atomic E-state index is -0.550. The summed E-state index contributed by atoms with van der Waals surface area (Å²) in [4.78, 5) is 41.5. The molecule has 1 unspecified atom stereocenters. The topological polar surface area (TPSA) is 87.2 Å². The molecule has 0 bridgehead atoms. The summed E-state index contributed by atoms with van der Waals surface area (Å²) in [6.07, 6.45) is 1.89. The van der Waals surface area contributed by atoms with Crippen LogP contribution >= 0.6 is 12.4 Å². The van der Waals surface area contributed by atoms with Gasteiger partial charge >= 0.3 is 5.69 Å². The van der Waals surface area contributed by atoms with E-state index in [4.69, 9.17) is 0 Å². The summed E-state index contributed by atoms with van der Waals surface area (Å²) < 4.78 is 0.986. The molecule has 2 aromatic rings. The number of H-pyrrole nitrogens is 1. The number of fused-ring (bicyclic) bond motifs is 1. The molecule has 1 saturated heterocycles. The molecule has 2 N–H and O–H groups in total. The van der Waals surface area contributed by atoms with Crippen LogP contribution in [0.3, 0.4) is 0 Å². The summed E-state index contributed by atoms with van der Waals surface area (Å²) in [5.74, 6) is -0.189. The summed E-state index contributed by atoms with van der Waals surface area (Å²) >= 11 is 0. The van der Waals surface area contributed by atoms with Gasteiger partial charge in [-0.1, -0.05) is 12.1 Å². The molecule has 130 valence electrons. The van der Waals surface area contributed by atoms with E-state index in [1.807, 2.05) is 7.05 Å². The highest BCUT2D eigenvalue weighted by molar-refractivity contribution is 5.85. The highest BCUT2D eigenvalue weighted by Gasteiger charge is 2.28. The molecule has 24 heavy (non-hydrogen) atoms. The van der Waals surface area contributed by atoms with Gasteiger partial charge in [0.25, 0.3) is 5.56 Å². The van der Waals surface area contributed by atoms with Gasteiger partial charge in [0.15, 0.2) is 0 Å². The zero-order chi connectivity index (χ0) is 16.4. The van der Waals surface area contributed by atoms with Crippen molar-refractivity contribution in [1.82, 2.24) is 19.8 Å². The third-order valence-corrected chi connectivity index (χ3v) is 4.32. The number of aromatic nitrogens is 2. The second kappa shape index (κ2) is 7.63. The first-order chi connectivity index (χ1) is 11.1. The second-order valence-corrected chi connectivity index (χ2v) is 5.81. The van der Waals surface area contributed by atoms with Crippen LogP contribution < -0.4 is 16.6 Å². The smallest absolute Gasteiger partial charge is 0.329 e. The minimum absolute atomic E-state index is 0. The molecular weight excluding hydrogens is 332 g/mol. The van der Waals surface area contributed by atoms with Crippen LogP contribution in [0.2, 0.25) is 0 Å². The second-order valence-electron chi connectivity index (χ2n) is 5.81. The van der Waals surface area contributed by atoms with Crippen molar-refractivity contribution in [2.45, 2.75) is 25.4 Å². The first-order valence-corrected chi connectivity index (χ1v) is 7.77. The van der Waals surface area contributed by atoms with Gasteiger partial charge in [-0.3, -0.25) is 14.2 Å². The number of nitrogens with zero attached hydrogens (tertiary/aromatic N) is 2. The van der Waals surface area contributed by atoms with E-state index in [1.54, 1.807) is 29.2 Å². The van der Waals surface area contributed by atoms with Gasteiger partial charge < -0.3 is 15.2 Å². The molecule has 1 atom stereocenters. The summed E-state index contributed by atoms with van der Waals surface area (Å²) in [6.45, 7) is 1.17. The first-order valence-electron chi connectivity index (χ1n) is 7.77. The average Bonchev–Trinajstić information content (AvgIpc) is 3.00. The number of hydrogen-bond acceptors (Lipinski definition) is 4. The number of likely N-dealkylation sites (tertiary alicyclic amines) is 1. The first kappa shape index (κ1) is 18.2. The predicted molar refractivity (Wildman–Crippen MR) is 94.7 cm³/mol. The molecule has 1 aromatic carbocycles. The van der Waals surface area contributed by atoms with Gasteiger partial charge in [-0.2, -0.15) is 0 Å². The van der Waals surface area contributed by atoms with Crippen LogP contribution in [0.25, 0.3) is 10.9 Å². The number of para-hydroxylation sites is 1. The van der Waals surface area contributed by atoms with Gasteiger partial charge in [-0.25, -0.2) is 4.79 Å². The van der Waals surface area contributed by atoms with Crippen LogP contribution in [-0.2, 0) is 11.3 Å². The van der Waals surface area contributed by atoms with Crippen LogP contribution in [0, 0.1) is 0 Å². The van der Waals surface area contributed by atoms with Gasteiger partial charge in [-0.05, 0) is 32.0 Å². The maximum absolute atomic E-state index is 12.5. The van der Waals surface area contributed by atoms with Crippen molar-refractivity contribution in [3.63, 3.8) is 0 Å². The quantitative estimate of drug-likeness (QED) is 0.829. The Morgan fingerprint density at radius 3 is 2.83 bits per heavy atom. The van der Waals surface area contributed by atoms with Crippen molar-refractivity contribution in [2.24, 2.45) is 0 Å². The maximum atomic E-state index is 12.5. The molecule has 1 aliphatic heterocycles. The van der Waals surface area contributed by atoms with E-state index in [2.05, 4.69) is 10.3 Å². The molecule has 1 amide bonds. The number of benzene rings is 1. The fraction of sp³-hybridized carbons (Fsp3) is 0.438. The van der Waals surface area contributed by atoms with Gasteiger partial charge in [-0.15, -0.1) is 12.4 Å². The molecule has 1 aliphatic rings. The summed E-state index contributed by atoms with van der Waals surface area (Å²) in [6, 6.07) is 6.93. The van der Waals surface area contributed by atoms with Crippen LogP contribution in [0.5, 0.6) is 0 Å². The summed E-state index contributed by atoms with van der Waals surface area (Å²) in [7, 11) is 1.85. The van der Waals surface area contributed by atoms with Crippen molar-refractivity contribution in [3.05, 3.63) is 45.1 Å². The van der Waals surface area contributed by atoms with Crippen molar-refractivity contribution in [1.29, 1.82) is 0 Å². The highest BCUT2D eigenvalue weighted by Crippen LogP contribution is 2.16. The van der Waals surface area contributed by atoms with E-state index in [1.165, 1.54) is 0 Å². The minimum Gasteiger partial charge on any atom is -0.337 e. The number of carbonyl (C=O) groups is 1. The number of aromatic amines is 1. The summed E-state index contributed by atoms with van der Waals surface area (Å²) in [5, 5.41) is 3.49. The van der Waals surface area contributed by atoms with E-state index in [0.717, 1.165) is 17.4 Å². The number of nitrogens with one attached hydrogen (secondary N) is 2. The van der Waals surface area contributed by atoms with Crippen LogP contribution in [0.4, 0.5) is 0 Å². The Morgan fingerprint density at radius 2 is 2.08 bits per heavy atom. The van der Waals surface area contributed by atoms with E-state index in [9.17, 15) is 14.4 Å². The lowest BCUT2D eigenvalue weighted by Crippen LogP contribution is -2.46. The predicted octanol–water partition coefficient (Wildman–Crippen LogP) is 0.322. The fourth-order valence-corrected chi connectivity index (χ4v) is 3.18. The SMILES string of the molecule is CNCC1CCCN1C(=O)Cn1c(=O)[nH]c2ccccc2c1=O.Cl. The lowest BCUT2D eigenvalue weighted by Gasteiger charge is -2.24. The Balaban J connectivity index is 0.00000208. The lowest BCUT2D eigenvalue weighted by molar-refractivity contribution is -0.132. The van der Waals surface area contributed by atoms with Crippen LogP contribution in [0.1, 0.15) is 12.8 Å². The molecule has 1 fully saturated rings. The summed E-state index contributed by atoms with van der Waals surface area (Å²) in [5.41, 5.74) is -0.492. The third kappa shape index (κ3) is 3.37.